The van der Waals surface area contributed by atoms with Crippen molar-refractivity contribution in [2.45, 2.75) is 19.9 Å². The molecule has 5 nitrogen and oxygen atoms in total. The fourth-order valence-electron chi connectivity index (χ4n) is 1.83. The van der Waals surface area contributed by atoms with E-state index in [2.05, 4.69) is 16.4 Å². The molecule has 1 heterocycles. The molecule has 2 N–H and O–H groups in total. The molecule has 0 aliphatic heterocycles. The predicted octanol–water partition coefficient (Wildman–Crippen LogP) is 1.61. The van der Waals surface area contributed by atoms with Gasteiger partial charge < -0.3 is 10.5 Å². The molecular weight excluding hydrogens is 228 g/mol. The number of nitrogens with two attached hydrogens (primary N) is 1. The van der Waals surface area contributed by atoms with Gasteiger partial charge in [0.2, 0.25) is 0 Å². The lowest BCUT2D eigenvalue weighted by molar-refractivity contribution is 0.412. The van der Waals surface area contributed by atoms with E-state index in [9.17, 15) is 0 Å². The number of hydrogen-bond donors (Lipinski definition) is 1. The molecule has 0 aliphatic carbocycles. The highest BCUT2D eigenvalue weighted by Gasteiger charge is 2.06. The molecular formula is C13H18N4O. The van der Waals surface area contributed by atoms with Gasteiger partial charge in [0.25, 0.3) is 0 Å². The first-order valence-corrected chi connectivity index (χ1v) is 6.00. The van der Waals surface area contributed by atoms with E-state index in [1.54, 1.807) is 7.11 Å². The van der Waals surface area contributed by atoms with E-state index in [1.165, 1.54) is 0 Å². The molecule has 0 fully saturated rings. The number of rotatable bonds is 5. The van der Waals surface area contributed by atoms with Gasteiger partial charge in [-0.2, -0.15) is 0 Å². The minimum Gasteiger partial charge on any atom is -0.496 e. The van der Waals surface area contributed by atoms with Crippen molar-refractivity contribution in [2.24, 2.45) is 5.73 Å². The molecule has 0 saturated heterocycles. The zero-order valence-corrected chi connectivity index (χ0v) is 10.8. The number of aromatic nitrogens is 3. The van der Waals surface area contributed by atoms with Crippen molar-refractivity contribution in [3.05, 3.63) is 30.0 Å². The molecule has 0 atom stereocenters. The van der Waals surface area contributed by atoms with Crippen LogP contribution in [0.15, 0.2) is 24.4 Å². The van der Waals surface area contributed by atoms with Crippen LogP contribution in [0.25, 0.3) is 11.3 Å². The molecule has 5 heteroatoms. The summed E-state index contributed by atoms with van der Waals surface area (Å²) in [5.41, 5.74) is 8.48. The highest BCUT2D eigenvalue weighted by Crippen LogP contribution is 2.24. The second-order valence-corrected chi connectivity index (χ2v) is 4.19. The van der Waals surface area contributed by atoms with Crippen LogP contribution >= 0.6 is 0 Å². The molecule has 0 radical (unpaired) electrons. The lowest BCUT2D eigenvalue weighted by Crippen LogP contribution is -2.06. The largest absolute Gasteiger partial charge is 0.496 e. The quantitative estimate of drug-likeness (QED) is 0.870. The Kier molecular flexibility index (Phi) is 3.94. The maximum Gasteiger partial charge on any atom is 0.121 e. The monoisotopic (exact) mass is 246 g/mol. The van der Waals surface area contributed by atoms with Crippen molar-refractivity contribution >= 4 is 0 Å². The minimum absolute atomic E-state index is 0.664. The second-order valence-electron chi connectivity index (χ2n) is 4.19. The highest BCUT2D eigenvalue weighted by molar-refractivity contribution is 5.60. The number of nitrogens with zero attached hydrogens (tertiary/aromatic N) is 3. The molecule has 0 bridgehead atoms. The Labute approximate surface area is 107 Å². The summed E-state index contributed by atoms with van der Waals surface area (Å²) in [4.78, 5) is 0. The van der Waals surface area contributed by atoms with Gasteiger partial charge in [0.1, 0.15) is 11.4 Å². The van der Waals surface area contributed by atoms with Gasteiger partial charge in [0.15, 0.2) is 0 Å². The van der Waals surface area contributed by atoms with E-state index in [4.69, 9.17) is 10.5 Å². The molecule has 0 spiro atoms. The van der Waals surface area contributed by atoms with Crippen molar-refractivity contribution in [1.82, 2.24) is 15.0 Å². The standard InChI is InChI=1S/C13H18N4O/c1-10-8-11(4-5-13(10)18-2)12-9-17(16-15-12)7-3-6-14/h4-5,8-9H,3,6-7,14H2,1-2H3. The third kappa shape index (κ3) is 2.68. The van der Waals surface area contributed by atoms with E-state index in [0.717, 1.165) is 35.5 Å². The summed E-state index contributed by atoms with van der Waals surface area (Å²) in [6.07, 6.45) is 2.85. The fraction of sp³-hybridized carbons (Fsp3) is 0.385. The zero-order valence-electron chi connectivity index (χ0n) is 10.8. The molecule has 1 aromatic heterocycles. The van der Waals surface area contributed by atoms with Gasteiger partial charge >= 0.3 is 0 Å². The van der Waals surface area contributed by atoms with Crippen molar-refractivity contribution in [3.63, 3.8) is 0 Å². The van der Waals surface area contributed by atoms with E-state index < -0.39 is 0 Å². The van der Waals surface area contributed by atoms with Gasteiger partial charge in [-0.25, -0.2) is 0 Å². The Morgan fingerprint density at radius 3 is 2.89 bits per heavy atom. The van der Waals surface area contributed by atoms with E-state index >= 15 is 0 Å². The highest BCUT2D eigenvalue weighted by atomic mass is 16.5. The van der Waals surface area contributed by atoms with Gasteiger partial charge in [0, 0.05) is 12.1 Å². The predicted molar refractivity (Wildman–Crippen MR) is 70.4 cm³/mol. The summed E-state index contributed by atoms with van der Waals surface area (Å²) >= 11 is 0. The van der Waals surface area contributed by atoms with E-state index in [0.29, 0.717) is 6.54 Å². The number of methoxy groups -OCH3 is 1. The number of aryl methyl sites for hydroxylation is 2. The molecule has 18 heavy (non-hydrogen) atoms. The van der Waals surface area contributed by atoms with Crippen molar-refractivity contribution in [2.75, 3.05) is 13.7 Å². The van der Waals surface area contributed by atoms with Crippen LogP contribution in [0.1, 0.15) is 12.0 Å². The Morgan fingerprint density at radius 1 is 1.39 bits per heavy atom. The van der Waals surface area contributed by atoms with Gasteiger partial charge in [-0.1, -0.05) is 5.21 Å². The van der Waals surface area contributed by atoms with Crippen LogP contribution in [-0.4, -0.2) is 28.6 Å². The average molecular weight is 246 g/mol. The van der Waals surface area contributed by atoms with Crippen molar-refractivity contribution in [1.29, 1.82) is 0 Å². The third-order valence-electron chi connectivity index (χ3n) is 2.82. The molecule has 0 aliphatic rings. The van der Waals surface area contributed by atoms with E-state index in [1.807, 2.05) is 29.9 Å². The fourth-order valence-corrected chi connectivity index (χ4v) is 1.83. The number of benzene rings is 1. The molecule has 2 aromatic rings. The van der Waals surface area contributed by atoms with Gasteiger partial charge in [0.05, 0.1) is 13.3 Å². The molecule has 1 aromatic carbocycles. The smallest absolute Gasteiger partial charge is 0.121 e. The minimum atomic E-state index is 0.664. The topological polar surface area (TPSA) is 66.0 Å². The van der Waals surface area contributed by atoms with Crippen LogP contribution in [0.4, 0.5) is 0 Å². The van der Waals surface area contributed by atoms with Crippen LogP contribution in [0.2, 0.25) is 0 Å². The average Bonchev–Trinajstić information content (AvgIpc) is 2.85. The van der Waals surface area contributed by atoms with Crippen LogP contribution < -0.4 is 10.5 Å². The maximum absolute atomic E-state index is 5.47. The first-order chi connectivity index (χ1) is 8.74. The second kappa shape index (κ2) is 5.64. The molecule has 0 unspecified atom stereocenters. The first-order valence-electron chi connectivity index (χ1n) is 6.00. The summed E-state index contributed by atoms with van der Waals surface area (Å²) in [5.74, 6) is 0.884. The van der Waals surface area contributed by atoms with Gasteiger partial charge in [-0.3, -0.25) is 4.68 Å². The summed E-state index contributed by atoms with van der Waals surface area (Å²) < 4.78 is 7.06. The van der Waals surface area contributed by atoms with Crippen molar-refractivity contribution < 1.29 is 4.74 Å². The molecule has 2 rings (SSSR count). The summed E-state index contributed by atoms with van der Waals surface area (Å²) in [6, 6.07) is 5.99. The Bertz CT molecular complexity index is 521. The van der Waals surface area contributed by atoms with Crippen molar-refractivity contribution in [3.8, 4) is 17.0 Å². The Balaban J connectivity index is 2.20. The third-order valence-corrected chi connectivity index (χ3v) is 2.82. The molecule has 96 valence electrons. The van der Waals surface area contributed by atoms with Crippen LogP contribution in [-0.2, 0) is 6.54 Å². The SMILES string of the molecule is COc1ccc(-c2cn(CCCN)nn2)cc1C. The summed E-state index contributed by atoms with van der Waals surface area (Å²) in [6.45, 7) is 3.48. The number of ether oxygens (including phenoxy) is 1. The van der Waals surface area contributed by atoms with Crippen LogP contribution in [0, 0.1) is 6.92 Å². The van der Waals surface area contributed by atoms with Crippen LogP contribution in [0.5, 0.6) is 5.75 Å². The normalized spacial score (nSPS) is 10.6. The summed E-state index contributed by atoms with van der Waals surface area (Å²) in [7, 11) is 1.67. The summed E-state index contributed by atoms with van der Waals surface area (Å²) in [5, 5.41) is 8.25. The lowest BCUT2D eigenvalue weighted by Gasteiger charge is -2.05. The zero-order chi connectivity index (χ0) is 13.0. The Morgan fingerprint density at radius 2 is 2.22 bits per heavy atom. The molecule has 0 saturated carbocycles. The van der Waals surface area contributed by atoms with E-state index in [-0.39, 0.29) is 0 Å². The molecule has 0 amide bonds. The van der Waals surface area contributed by atoms with Gasteiger partial charge in [-0.05, 0) is 43.7 Å². The maximum atomic E-state index is 5.47. The lowest BCUT2D eigenvalue weighted by atomic mass is 10.1. The first kappa shape index (κ1) is 12.6. The van der Waals surface area contributed by atoms with Crippen LogP contribution in [0.3, 0.4) is 0 Å². The van der Waals surface area contributed by atoms with Gasteiger partial charge in [-0.15, -0.1) is 5.10 Å². The number of hydrogen-bond acceptors (Lipinski definition) is 4. The Hall–Kier alpha value is -1.88.